The lowest BCUT2D eigenvalue weighted by Crippen LogP contribution is -2.16. The van der Waals surface area contributed by atoms with Gasteiger partial charge in [-0.25, -0.2) is 9.78 Å². The Bertz CT molecular complexity index is 1040. The van der Waals surface area contributed by atoms with Crippen molar-refractivity contribution >= 4 is 11.8 Å². The Morgan fingerprint density at radius 2 is 1.89 bits per heavy atom. The molecule has 2 heterocycles. The van der Waals surface area contributed by atoms with E-state index >= 15 is 0 Å². The summed E-state index contributed by atoms with van der Waals surface area (Å²) in [4.78, 5) is 29.2. The molecular weight excluding hydrogens is 356 g/mol. The first kappa shape index (κ1) is 18.2. The highest BCUT2D eigenvalue weighted by molar-refractivity contribution is 6.00. The molecule has 0 atom stereocenters. The number of benzene rings is 1. The van der Waals surface area contributed by atoms with Gasteiger partial charge in [0.1, 0.15) is 5.76 Å². The number of aryl methyl sites for hydroxylation is 2. The minimum Gasteiger partial charge on any atom is -0.452 e. The third-order valence-electron chi connectivity index (χ3n) is 5.04. The van der Waals surface area contributed by atoms with Crippen molar-refractivity contribution < 1.29 is 18.7 Å². The Kier molecular flexibility index (Phi) is 4.63. The molecular formula is C22H22N2O4. The molecule has 1 aliphatic carbocycles. The van der Waals surface area contributed by atoms with Gasteiger partial charge in [-0.15, -0.1) is 0 Å². The first-order chi connectivity index (χ1) is 13.5. The van der Waals surface area contributed by atoms with Crippen LogP contribution in [0.5, 0.6) is 0 Å². The van der Waals surface area contributed by atoms with Crippen molar-refractivity contribution in [2.24, 2.45) is 0 Å². The van der Waals surface area contributed by atoms with Gasteiger partial charge in [-0.05, 0) is 51.8 Å². The summed E-state index contributed by atoms with van der Waals surface area (Å²) in [6.07, 6.45) is 2.29. The highest BCUT2D eigenvalue weighted by Gasteiger charge is 2.29. The van der Waals surface area contributed by atoms with Gasteiger partial charge in [-0.3, -0.25) is 4.79 Å². The average Bonchev–Trinajstić information content (AvgIpc) is 3.37. The van der Waals surface area contributed by atoms with Gasteiger partial charge in [0, 0.05) is 28.6 Å². The molecule has 0 unspecified atom stereocenters. The highest BCUT2D eigenvalue weighted by atomic mass is 16.5. The number of nitrogens with zero attached hydrogens (tertiary/aromatic N) is 2. The molecule has 0 N–H and O–H groups in total. The van der Waals surface area contributed by atoms with E-state index in [1.807, 2.05) is 50.2 Å². The summed E-state index contributed by atoms with van der Waals surface area (Å²) in [7, 11) is 0. The average molecular weight is 378 g/mol. The molecule has 1 saturated carbocycles. The van der Waals surface area contributed by atoms with Crippen LogP contribution in [-0.4, -0.2) is 27.9 Å². The van der Waals surface area contributed by atoms with E-state index in [0.717, 1.165) is 29.8 Å². The Hall–Kier alpha value is -3.15. The summed E-state index contributed by atoms with van der Waals surface area (Å²) in [6.45, 7) is 5.27. The number of aromatic nitrogens is 2. The molecule has 1 aromatic carbocycles. The van der Waals surface area contributed by atoms with Gasteiger partial charge in [-0.2, -0.15) is 0 Å². The number of ketones is 1. The van der Waals surface area contributed by atoms with Crippen molar-refractivity contribution in [1.29, 1.82) is 0 Å². The van der Waals surface area contributed by atoms with E-state index in [-0.39, 0.29) is 18.1 Å². The fraction of sp³-hybridized carbons (Fsp3) is 0.318. The van der Waals surface area contributed by atoms with E-state index in [1.165, 1.54) is 0 Å². The molecule has 0 amide bonds. The van der Waals surface area contributed by atoms with E-state index in [9.17, 15) is 9.59 Å². The third kappa shape index (κ3) is 3.38. The number of carbonyl (C=O) groups excluding carboxylic acids is 2. The Morgan fingerprint density at radius 1 is 1.18 bits per heavy atom. The van der Waals surface area contributed by atoms with Crippen molar-refractivity contribution in [3.63, 3.8) is 0 Å². The molecule has 6 heteroatoms. The van der Waals surface area contributed by atoms with Crippen LogP contribution in [0, 0.1) is 20.8 Å². The first-order valence-electron chi connectivity index (χ1n) is 9.37. The topological polar surface area (TPSA) is 74.3 Å². The molecule has 1 fully saturated rings. The predicted octanol–water partition coefficient (Wildman–Crippen LogP) is 4.44. The van der Waals surface area contributed by atoms with Crippen LogP contribution >= 0.6 is 0 Å². The van der Waals surface area contributed by atoms with Crippen LogP contribution in [0.25, 0.3) is 11.5 Å². The Balaban J connectivity index is 1.46. The number of carbonyl (C=O) groups is 2. The van der Waals surface area contributed by atoms with Gasteiger partial charge >= 0.3 is 5.97 Å². The van der Waals surface area contributed by atoms with Crippen LogP contribution in [0.4, 0.5) is 0 Å². The maximum atomic E-state index is 12.6. The first-order valence-corrected chi connectivity index (χ1v) is 9.37. The molecule has 2 aromatic heterocycles. The summed E-state index contributed by atoms with van der Waals surface area (Å²) in [5.41, 5.74) is 3.47. The van der Waals surface area contributed by atoms with Crippen molar-refractivity contribution in [3.8, 4) is 11.5 Å². The molecule has 1 aliphatic rings. The van der Waals surface area contributed by atoms with Gasteiger partial charge in [-0.1, -0.05) is 18.2 Å². The second-order valence-corrected chi connectivity index (χ2v) is 7.18. The van der Waals surface area contributed by atoms with Crippen LogP contribution in [0.15, 0.2) is 40.8 Å². The molecule has 28 heavy (non-hydrogen) atoms. The van der Waals surface area contributed by atoms with E-state index in [4.69, 9.17) is 9.15 Å². The summed E-state index contributed by atoms with van der Waals surface area (Å²) < 4.78 is 13.0. The van der Waals surface area contributed by atoms with Gasteiger partial charge in [0.05, 0.1) is 0 Å². The second kappa shape index (κ2) is 7.11. The minimum absolute atomic E-state index is 0.0927. The molecule has 0 spiro atoms. The smallest absolute Gasteiger partial charge is 0.361 e. The quantitative estimate of drug-likeness (QED) is 0.468. The third-order valence-corrected chi connectivity index (χ3v) is 5.04. The summed E-state index contributed by atoms with van der Waals surface area (Å²) >= 11 is 0. The number of oxazole rings is 1. The van der Waals surface area contributed by atoms with E-state index in [2.05, 4.69) is 9.55 Å². The zero-order valence-electron chi connectivity index (χ0n) is 16.2. The van der Waals surface area contributed by atoms with Crippen molar-refractivity contribution in [3.05, 3.63) is 64.8 Å². The Morgan fingerprint density at radius 3 is 2.57 bits per heavy atom. The molecule has 0 aliphatic heterocycles. The molecule has 0 saturated heterocycles. The standard InChI is InChI=1S/C22H22N2O4/c1-13-11-18(14(2)24(13)17-9-10-17)19(25)12-27-22(26)20-15(3)28-21(23-20)16-7-5-4-6-8-16/h4-8,11,17H,9-10,12H2,1-3H3. The number of hydrogen-bond acceptors (Lipinski definition) is 5. The van der Waals surface area contributed by atoms with E-state index in [1.54, 1.807) is 6.92 Å². The zero-order valence-corrected chi connectivity index (χ0v) is 16.2. The summed E-state index contributed by atoms with van der Waals surface area (Å²) in [5, 5.41) is 0. The fourth-order valence-electron chi connectivity index (χ4n) is 3.52. The van der Waals surface area contributed by atoms with Crippen LogP contribution in [0.1, 0.15) is 56.9 Å². The largest absolute Gasteiger partial charge is 0.452 e. The molecule has 6 nitrogen and oxygen atoms in total. The number of hydrogen-bond donors (Lipinski definition) is 0. The minimum atomic E-state index is -0.659. The van der Waals surface area contributed by atoms with Crippen molar-refractivity contribution in [2.45, 2.75) is 39.7 Å². The van der Waals surface area contributed by atoms with Crippen molar-refractivity contribution in [1.82, 2.24) is 9.55 Å². The molecule has 4 rings (SSSR count). The summed E-state index contributed by atoms with van der Waals surface area (Å²) in [6, 6.07) is 11.7. The van der Waals surface area contributed by atoms with Crippen LogP contribution in [0.3, 0.4) is 0 Å². The van der Waals surface area contributed by atoms with Gasteiger partial charge < -0.3 is 13.7 Å². The van der Waals surface area contributed by atoms with Crippen LogP contribution in [-0.2, 0) is 4.74 Å². The number of Topliss-reactive ketones (excluding diaryl/α,β-unsaturated/α-hetero) is 1. The molecule has 144 valence electrons. The molecule has 0 bridgehead atoms. The second-order valence-electron chi connectivity index (χ2n) is 7.18. The van der Waals surface area contributed by atoms with Gasteiger partial charge in [0.2, 0.25) is 11.7 Å². The zero-order chi connectivity index (χ0) is 19.8. The van der Waals surface area contributed by atoms with Gasteiger partial charge in [0.25, 0.3) is 0 Å². The molecule has 3 aromatic rings. The lowest BCUT2D eigenvalue weighted by molar-refractivity contribution is 0.0467. The maximum absolute atomic E-state index is 12.6. The lowest BCUT2D eigenvalue weighted by Gasteiger charge is -2.07. The number of ether oxygens (including phenoxy) is 1. The Labute approximate surface area is 163 Å². The van der Waals surface area contributed by atoms with Gasteiger partial charge in [0.15, 0.2) is 12.3 Å². The van der Waals surface area contributed by atoms with E-state index in [0.29, 0.717) is 23.3 Å². The monoisotopic (exact) mass is 378 g/mol. The normalized spacial score (nSPS) is 13.5. The lowest BCUT2D eigenvalue weighted by atomic mass is 10.1. The number of esters is 1. The SMILES string of the molecule is Cc1oc(-c2ccccc2)nc1C(=O)OCC(=O)c1cc(C)n(C2CC2)c1C. The predicted molar refractivity (Wildman–Crippen MR) is 103 cm³/mol. The number of rotatable bonds is 6. The van der Waals surface area contributed by atoms with Crippen LogP contribution < -0.4 is 0 Å². The molecule has 0 radical (unpaired) electrons. The van der Waals surface area contributed by atoms with Crippen LogP contribution in [0.2, 0.25) is 0 Å². The fourth-order valence-corrected chi connectivity index (χ4v) is 3.52. The van der Waals surface area contributed by atoms with Crippen molar-refractivity contribution in [2.75, 3.05) is 6.61 Å². The highest BCUT2D eigenvalue weighted by Crippen LogP contribution is 2.38. The maximum Gasteiger partial charge on any atom is 0.361 e. The summed E-state index contributed by atoms with van der Waals surface area (Å²) in [5.74, 6) is -0.155. The van der Waals surface area contributed by atoms with E-state index < -0.39 is 5.97 Å².